The molecule has 4 nitrogen and oxygen atoms in total. The van der Waals surface area contributed by atoms with Gasteiger partial charge in [0.1, 0.15) is 17.0 Å². The smallest absolute Gasteiger partial charge is 0.319 e. The lowest BCUT2D eigenvalue weighted by Gasteiger charge is -2.21. The van der Waals surface area contributed by atoms with E-state index in [1.165, 1.54) is 0 Å². The highest BCUT2D eigenvalue weighted by molar-refractivity contribution is 6.00. The van der Waals surface area contributed by atoms with E-state index in [-0.39, 0.29) is 5.56 Å². The van der Waals surface area contributed by atoms with Crippen molar-refractivity contribution >= 4 is 11.9 Å². The Morgan fingerprint density at radius 3 is 2.47 bits per heavy atom. The summed E-state index contributed by atoms with van der Waals surface area (Å²) in [6.07, 6.45) is -0.499. The second-order valence-corrected chi connectivity index (χ2v) is 3.91. The molecule has 6 heteroatoms. The van der Waals surface area contributed by atoms with Crippen LogP contribution in [0.3, 0.4) is 0 Å². The van der Waals surface area contributed by atoms with Crippen molar-refractivity contribution in [2.45, 2.75) is 13.3 Å². The quantitative estimate of drug-likeness (QED) is 0.776. The lowest BCUT2D eigenvalue weighted by atomic mass is 9.83. The number of carboxylic acids is 1. The van der Waals surface area contributed by atoms with E-state index >= 15 is 0 Å². The Morgan fingerprint density at radius 2 is 2.00 bits per heavy atom. The minimum atomic E-state index is -1.96. The van der Waals surface area contributed by atoms with Gasteiger partial charge in [0.05, 0.1) is 0 Å². The first-order valence-corrected chi connectivity index (χ1v) is 4.74. The van der Waals surface area contributed by atoms with E-state index in [4.69, 9.17) is 10.8 Å². The van der Waals surface area contributed by atoms with Crippen molar-refractivity contribution in [3.8, 4) is 0 Å². The van der Waals surface area contributed by atoms with Crippen molar-refractivity contribution in [1.82, 2.24) is 0 Å². The molecule has 1 aromatic rings. The van der Waals surface area contributed by atoms with Crippen molar-refractivity contribution < 1.29 is 23.5 Å². The summed E-state index contributed by atoms with van der Waals surface area (Å²) >= 11 is 0. The van der Waals surface area contributed by atoms with E-state index in [0.29, 0.717) is 0 Å². The predicted molar refractivity (Wildman–Crippen MR) is 55.0 cm³/mol. The van der Waals surface area contributed by atoms with Crippen molar-refractivity contribution in [2.24, 2.45) is 11.1 Å². The molecule has 0 aliphatic heterocycles. The molecule has 1 rings (SSSR count). The molecule has 17 heavy (non-hydrogen) atoms. The highest BCUT2D eigenvalue weighted by atomic mass is 19.1. The van der Waals surface area contributed by atoms with E-state index in [1.54, 1.807) is 0 Å². The molecule has 1 atom stereocenters. The number of primary amides is 1. The second-order valence-electron chi connectivity index (χ2n) is 3.91. The summed E-state index contributed by atoms with van der Waals surface area (Å²) < 4.78 is 26.2. The Labute approximate surface area is 96.0 Å². The summed E-state index contributed by atoms with van der Waals surface area (Å²) in [4.78, 5) is 22.0. The fraction of sp³-hybridized carbons (Fsp3) is 0.273. The molecule has 0 saturated heterocycles. The van der Waals surface area contributed by atoms with Crippen LogP contribution in [0.2, 0.25) is 0 Å². The predicted octanol–water partition coefficient (Wildman–Crippen LogP) is 1.08. The molecule has 0 bridgehead atoms. The normalized spacial score (nSPS) is 14.1. The molecule has 0 radical (unpaired) electrons. The van der Waals surface area contributed by atoms with Gasteiger partial charge in [-0.3, -0.25) is 9.59 Å². The number of rotatable bonds is 4. The van der Waals surface area contributed by atoms with E-state index in [2.05, 4.69) is 0 Å². The van der Waals surface area contributed by atoms with Gasteiger partial charge >= 0.3 is 5.97 Å². The fourth-order valence-corrected chi connectivity index (χ4v) is 1.33. The van der Waals surface area contributed by atoms with Crippen molar-refractivity contribution in [3.63, 3.8) is 0 Å². The van der Waals surface area contributed by atoms with Gasteiger partial charge in [0, 0.05) is 6.42 Å². The number of carboxylic acid groups (broad SMARTS) is 1. The van der Waals surface area contributed by atoms with E-state index in [9.17, 15) is 18.4 Å². The molecule has 0 saturated carbocycles. The maximum Gasteiger partial charge on any atom is 0.319 e. The summed E-state index contributed by atoms with van der Waals surface area (Å²) in [5, 5.41) is 8.91. The molecule has 92 valence electrons. The van der Waals surface area contributed by atoms with Gasteiger partial charge in [-0.15, -0.1) is 0 Å². The van der Waals surface area contributed by atoms with Crippen molar-refractivity contribution in [3.05, 3.63) is 35.4 Å². The number of carbonyl (C=O) groups excluding carboxylic acids is 1. The summed E-state index contributed by atoms with van der Waals surface area (Å²) in [5.41, 5.74) is 2.81. The van der Waals surface area contributed by atoms with Gasteiger partial charge in [-0.2, -0.15) is 0 Å². The number of aliphatic carboxylic acids is 1. The number of halogens is 2. The van der Waals surface area contributed by atoms with E-state index in [0.717, 1.165) is 25.1 Å². The fourth-order valence-electron chi connectivity index (χ4n) is 1.33. The van der Waals surface area contributed by atoms with Crippen LogP contribution in [-0.4, -0.2) is 17.0 Å². The Hall–Kier alpha value is -1.98. The summed E-state index contributed by atoms with van der Waals surface area (Å²) in [5.74, 6) is -4.07. The number of nitrogens with two attached hydrogens (primary N) is 1. The Morgan fingerprint density at radius 1 is 1.41 bits per heavy atom. The van der Waals surface area contributed by atoms with Crippen LogP contribution >= 0.6 is 0 Å². The standard InChI is InChI=1S/C11H11F2NO3/c1-11(9(14)15,10(16)17)5-6-4-7(12)2-3-8(6)13/h2-4H,5H2,1H3,(H2,14,15)(H,16,17). The molecule has 1 amide bonds. The first-order valence-electron chi connectivity index (χ1n) is 4.74. The molecular formula is C11H11F2NO3. The lowest BCUT2D eigenvalue weighted by molar-refractivity contribution is -0.153. The van der Waals surface area contributed by atoms with Crippen LogP contribution in [-0.2, 0) is 16.0 Å². The number of amides is 1. The summed E-state index contributed by atoms with van der Waals surface area (Å²) in [6.45, 7) is 1.07. The molecule has 0 heterocycles. The van der Waals surface area contributed by atoms with Crippen molar-refractivity contribution in [1.29, 1.82) is 0 Å². The molecule has 0 fully saturated rings. The van der Waals surface area contributed by atoms with Gasteiger partial charge in [0.25, 0.3) is 0 Å². The van der Waals surface area contributed by atoms with Crippen LogP contribution in [0.15, 0.2) is 18.2 Å². The highest BCUT2D eigenvalue weighted by Gasteiger charge is 2.40. The number of hydrogen-bond acceptors (Lipinski definition) is 2. The van der Waals surface area contributed by atoms with E-state index in [1.807, 2.05) is 0 Å². The third kappa shape index (κ3) is 2.58. The zero-order valence-electron chi connectivity index (χ0n) is 9.04. The van der Waals surface area contributed by atoms with Crippen LogP contribution in [0.5, 0.6) is 0 Å². The van der Waals surface area contributed by atoms with Crippen LogP contribution < -0.4 is 5.73 Å². The molecule has 3 N–H and O–H groups in total. The average molecular weight is 243 g/mol. The number of carbonyl (C=O) groups is 2. The molecule has 1 aromatic carbocycles. The number of benzene rings is 1. The second kappa shape index (κ2) is 4.48. The zero-order chi connectivity index (χ0) is 13.2. The van der Waals surface area contributed by atoms with Crippen molar-refractivity contribution in [2.75, 3.05) is 0 Å². The first kappa shape index (κ1) is 13.1. The minimum Gasteiger partial charge on any atom is -0.480 e. The zero-order valence-corrected chi connectivity index (χ0v) is 9.04. The third-order valence-electron chi connectivity index (χ3n) is 2.57. The van der Waals surface area contributed by atoms with Gasteiger partial charge < -0.3 is 10.8 Å². The van der Waals surface area contributed by atoms with Crippen LogP contribution in [0, 0.1) is 17.0 Å². The number of hydrogen-bond donors (Lipinski definition) is 2. The minimum absolute atomic E-state index is 0.200. The first-order chi connectivity index (χ1) is 7.77. The maximum atomic E-state index is 13.3. The van der Waals surface area contributed by atoms with Gasteiger partial charge in [-0.25, -0.2) is 8.78 Å². The van der Waals surface area contributed by atoms with Crippen LogP contribution in [0.25, 0.3) is 0 Å². The monoisotopic (exact) mass is 243 g/mol. The SMILES string of the molecule is CC(Cc1cc(F)ccc1F)(C(N)=O)C(=O)O. The van der Waals surface area contributed by atoms with Gasteiger partial charge in [-0.1, -0.05) is 0 Å². The third-order valence-corrected chi connectivity index (χ3v) is 2.57. The Kier molecular flexibility index (Phi) is 3.45. The molecule has 0 spiro atoms. The lowest BCUT2D eigenvalue weighted by Crippen LogP contribution is -2.43. The maximum absolute atomic E-state index is 13.3. The molecule has 0 aromatic heterocycles. The highest BCUT2D eigenvalue weighted by Crippen LogP contribution is 2.24. The molecule has 1 unspecified atom stereocenters. The van der Waals surface area contributed by atoms with E-state index < -0.39 is 35.3 Å². The van der Waals surface area contributed by atoms with Gasteiger partial charge in [0.2, 0.25) is 5.91 Å². The summed E-state index contributed by atoms with van der Waals surface area (Å²) in [6, 6.07) is 2.62. The Bertz CT molecular complexity index is 460. The topological polar surface area (TPSA) is 80.4 Å². The summed E-state index contributed by atoms with van der Waals surface area (Å²) in [7, 11) is 0. The Balaban J connectivity index is 3.15. The average Bonchev–Trinajstić information content (AvgIpc) is 2.22. The van der Waals surface area contributed by atoms with Crippen LogP contribution in [0.4, 0.5) is 8.78 Å². The van der Waals surface area contributed by atoms with Gasteiger partial charge in [0.15, 0.2) is 0 Å². The largest absolute Gasteiger partial charge is 0.480 e. The van der Waals surface area contributed by atoms with Crippen LogP contribution in [0.1, 0.15) is 12.5 Å². The molecule has 0 aliphatic rings. The van der Waals surface area contributed by atoms with Gasteiger partial charge in [-0.05, 0) is 30.7 Å². The molecular weight excluding hydrogens is 232 g/mol. The molecule has 0 aliphatic carbocycles.